The Hall–Kier alpha value is -1.13. The number of aliphatic hydroxyl groups is 2. The molecule has 2 aliphatic carbocycles. The number of rotatable bonds is 11. The van der Waals surface area contributed by atoms with Crippen LogP contribution in [0.2, 0.25) is 0 Å². The predicted octanol–water partition coefficient (Wildman–Crippen LogP) is 4.32. The Morgan fingerprint density at radius 2 is 2.11 bits per heavy atom. The lowest BCUT2D eigenvalue weighted by molar-refractivity contribution is -0.128. The minimum absolute atomic E-state index is 0.141. The van der Waals surface area contributed by atoms with E-state index in [2.05, 4.69) is 26.0 Å². The minimum Gasteiger partial charge on any atom is -0.392 e. The van der Waals surface area contributed by atoms with Crippen LogP contribution < -0.4 is 0 Å². The molecule has 4 nitrogen and oxygen atoms in total. The quantitative estimate of drug-likeness (QED) is 0.516. The van der Waals surface area contributed by atoms with Crippen LogP contribution >= 0.6 is 0 Å². The molecule has 0 saturated heterocycles. The van der Waals surface area contributed by atoms with Gasteiger partial charge in [-0.1, -0.05) is 56.9 Å². The van der Waals surface area contributed by atoms with Crippen LogP contribution in [-0.2, 0) is 4.79 Å². The van der Waals surface area contributed by atoms with Crippen LogP contribution in [0, 0.1) is 23.7 Å². The van der Waals surface area contributed by atoms with Gasteiger partial charge in [0.05, 0.1) is 12.2 Å². The van der Waals surface area contributed by atoms with Crippen molar-refractivity contribution in [1.82, 2.24) is 4.90 Å². The Kier molecular flexibility index (Phi) is 9.23. The molecule has 28 heavy (non-hydrogen) atoms. The summed E-state index contributed by atoms with van der Waals surface area (Å²) in [6.45, 7) is 4.41. The maximum Gasteiger partial charge on any atom is 0.222 e. The molecule has 2 rings (SSSR count). The van der Waals surface area contributed by atoms with Crippen molar-refractivity contribution in [2.45, 2.75) is 83.8 Å². The first-order chi connectivity index (χ1) is 13.3. The Balaban J connectivity index is 1.80. The maximum absolute atomic E-state index is 11.7. The molecule has 2 N–H and O–H groups in total. The molecule has 1 amide bonds. The van der Waals surface area contributed by atoms with Crippen molar-refractivity contribution in [2.24, 2.45) is 23.7 Å². The predicted molar refractivity (Wildman–Crippen MR) is 115 cm³/mol. The number of fused-ring (bicyclic) bond motifs is 1. The molecule has 2 aliphatic rings. The Morgan fingerprint density at radius 1 is 1.36 bits per heavy atom. The van der Waals surface area contributed by atoms with E-state index in [4.69, 9.17) is 0 Å². The van der Waals surface area contributed by atoms with Crippen LogP contribution in [0.5, 0.6) is 0 Å². The summed E-state index contributed by atoms with van der Waals surface area (Å²) < 4.78 is 0. The third-order valence-corrected chi connectivity index (χ3v) is 6.59. The van der Waals surface area contributed by atoms with Crippen molar-refractivity contribution in [3.63, 3.8) is 0 Å². The van der Waals surface area contributed by atoms with Crippen LogP contribution in [0.25, 0.3) is 0 Å². The van der Waals surface area contributed by atoms with Crippen molar-refractivity contribution in [3.05, 3.63) is 23.8 Å². The van der Waals surface area contributed by atoms with E-state index in [1.807, 2.05) is 6.08 Å². The zero-order valence-electron chi connectivity index (χ0n) is 18.3. The largest absolute Gasteiger partial charge is 0.392 e. The van der Waals surface area contributed by atoms with Gasteiger partial charge < -0.3 is 15.1 Å². The summed E-state index contributed by atoms with van der Waals surface area (Å²) >= 11 is 0. The number of carbonyl (C=O) groups is 1. The lowest BCUT2D eigenvalue weighted by atomic mass is 9.88. The van der Waals surface area contributed by atoms with Gasteiger partial charge in [-0.15, -0.1) is 0 Å². The van der Waals surface area contributed by atoms with Gasteiger partial charge in [0, 0.05) is 26.4 Å². The Bertz CT molecular complexity index is 554. The first kappa shape index (κ1) is 23.2. The van der Waals surface area contributed by atoms with Gasteiger partial charge in [-0.25, -0.2) is 0 Å². The SMILES string of the molecule is CCCC[C@H](C)C[C@H](O)/C=C/[C@@H]1[C@H]2CC(CCCC(=O)N(C)C)=C[C@H]2C[C@H]1O. The highest BCUT2D eigenvalue weighted by molar-refractivity contribution is 5.75. The number of carbonyl (C=O) groups excluding carboxylic acids is 1. The molecule has 0 spiro atoms. The van der Waals surface area contributed by atoms with Gasteiger partial charge in [-0.3, -0.25) is 4.79 Å². The normalized spacial score (nSPS) is 29.0. The molecule has 0 aliphatic heterocycles. The Labute approximate surface area is 171 Å². The molecule has 0 unspecified atom stereocenters. The highest BCUT2D eigenvalue weighted by atomic mass is 16.3. The minimum atomic E-state index is -0.413. The van der Waals surface area contributed by atoms with Crippen LogP contribution in [0.3, 0.4) is 0 Å². The van der Waals surface area contributed by atoms with Crippen LogP contribution in [0.15, 0.2) is 23.8 Å². The molecule has 4 heteroatoms. The van der Waals surface area contributed by atoms with Crippen molar-refractivity contribution in [2.75, 3.05) is 14.1 Å². The van der Waals surface area contributed by atoms with Gasteiger partial charge in [0.2, 0.25) is 5.91 Å². The number of nitrogens with zero attached hydrogens (tertiary/aromatic N) is 1. The molecule has 0 heterocycles. The summed E-state index contributed by atoms with van der Waals surface area (Å²) in [6.07, 6.45) is 14.4. The van der Waals surface area contributed by atoms with Gasteiger partial charge in [0.1, 0.15) is 0 Å². The third kappa shape index (κ3) is 6.73. The summed E-state index contributed by atoms with van der Waals surface area (Å²) in [5, 5.41) is 20.8. The van der Waals surface area contributed by atoms with Crippen LogP contribution in [-0.4, -0.2) is 47.3 Å². The fourth-order valence-corrected chi connectivity index (χ4v) is 4.90. The van der Waals surface area contributed by atoms with E-state index in [-0.39, 0.29) is 17.9 Å². The molecule has 6 atom stereocenters. The van der Waals surface area contributed by atoms with Gasteiger partial charge >= 0.3 is 0 Å². The monoisotopic (exact) mass is 391 g/mol. The van der Waals surface area contributed by atoms with E-state index in [0.717, 1.165) is 32.1 Å². The molecule has 0 aromatic carbocycles. The number of amides is 1. The van der Waals surface area contributed by atoms with Crippen LogP contribution in [0.1, 0.15) is 71.6 Å². The van der Waals surface area contributed by atoms with E-state index in [1.165, 1.54) is 24.8 Å². The second-order valence-corrected chi connectivity index (χ2v) is 9.31. The average molecular weight is 392 g/mol. The van der Waals surface area contributed by atoms with E-state index < -0.39 is 6.10 Å². The lowest BCUT2D eigenvalue weighted by Crippen LogP contribution is -2.21. The van der Waals surface area contributed by atoms with Crippen molar-refractivity contribution < 1.29 is 15.0 Å². The molecular weight excluding hydrogens is 350 g/mol. The second-order valence-electron chi connectivity index (χ2n) is 9.31. The van der Waals surface area contributed by atoms with Gasteiger partial charge in [0.15, 0.2) is 0 Å². The second kappa shape index (κ2) is 11.2. The summed E-state index contributed by atoms with van der Waals surface area (Å²) in [4.78, 5) is 13.4. The highest BCUT2D eigenvalue weighted by Crippen LogP contribution is 2.48. The van der Waals surface area contributed by atoms with E-state index in [0.29, 0.717) is 24.2 Å². The fourth-order valence-electron chi connectivity index (χ4n) is 4.90. The fraction of sp³-hybridized carbons (Fsp3) is 0.792. The number of hydrogen-bond acceptors (Lipinski definition) is 3. The molecule has 1 saturated carbocycles. The van der Waals surface area contributed by atoms with Crippen molar-refractivity contribution >= 4 is 5.91 Å². The molecule has 0 aromatic heterocycles. The zero-order chi connectivity index (χ0) is 20.7. The molecule has 160 valence electrons. The van der Waals surface area contributed by atoms with Gasteiger partial charge in [-0.2, -0.15) is 0 Å². The van der Waals surface area contributed by atoms with E-state index in [9.17, 15) is 15.0 Å². The number of hydrogen-bond donors (Lipinski definition) is 2. The van der Waals surface area contributed by atoms with Gasteiger partial charge in [0.25, 0.3) is 0 Å². The van der Waals surface area contributed by atoms with Crippen molar-refractivity contribution in [1.29, 1.82) is 0 Å². The van der Waals surface area contributed by atoms with Gasteiger partial charge in [-0.05, 0) is 49.9 Å². The summed E-state index contributed by atoms with van der Waals surface area (Å²) in [7, 11) is 3.61. The first-order valence-electron chi connectivity index (χ1n) is 11.3. The smallest absolute Gasteiger partial charge is 0.222 e. The number of aliphatic hydroxyl groups excluding tert-OH is 2. The number of unbranched alkanes of at least 4 members (excludes halogenated alkanes) is 1. The highest BCUT2D eigenvalue weighted by Gasteiger charge is 2.43. The third-order valence-electron chi connectivity index (χ3n) is 6.59. The zero-order valence-corrected chi connectivity index (χ0v) is 18.3. The summed E-state index contributed by atoms with van der Waals surface area (Å²) in [6, 6.07) is 0. The summed E-state index contributed by atoms with van der Waals surface area (Å²) in [5.74, 6) is 1.77. The van der Waals surface area contributed by atoms with Crippen LogP contribution in [0.4, 0.5) is 0 Å². The first-order valence-corrected chi connectivity index (χ1v) is 11.3. The Morgan fingerprint density at radius 3 is 2.79 bits per heavy atom. The molecular formula is C24H41NO3. The molecule has 0 aromatic rings. The standard InChI is InChI=1S/C24H41NO3/c1-5-6-8-17(2)13-20(26)11-12-21-22-15-18(14-19(22)16-23(21)27)9-7-10-24(28)25(3)4/h11-12,14,17,19-23,26-27H,5-10,13,15-16H2,1-4H3/b12-11+/t17-,19-,20+,21+,22-,23+/m0/s1. The number of allylic oxidation sites excluding steroid dienone is 2. The van der Waals surface area contributed by atoms with E-state index in [1.54, 1.807) is 19.0 Å². The molecule has 1 fully saturated rings. The molecule has 0 radical (unpaired) electrons. The topological polar surface area (TPSA) is 60.8 Å². The molecule has 0 bridgehead atoms. The van der Waals surface area contributed by atoms with Crippen molar-refractivity contribution in [3.8, 4) is 0 Å². The average Bonchev–Trinajstić information content (AvgIpc) is 3.14. The lowest BCUT2D eigenvalue weighted by Gasteiger charge is -2.19. The van der Waals surface area contributed by atoms with E-state index >= 15 is 0 Å². The maximum atomic E-state index is 11.7. The summed E-state index contributed by atoms with van der Waals surface area (Å²) in [5.41, 5.74) is 1.44.